The first-order chi connectivity index (χ1) is 9.18. The maximum Gasteiger partial charge on any atom is 0.202 e. The van der Waals surface area contributed by atoms with Gasteiger partial charge < -0.3 is 10.2 Å². The van der Waals surface area contributed by atoms with Crippen molar-refractivity contribution in [2.75, 3.05) is 5.73 Å². The van der Waals surface area contributed by atoms with E-state index in [2.05, 4.69) is 15.9 Å². The number of benzene rings is 2. The molecule has 3 aromatic rings. The molecule has 0 aliphatic carbocycles. The minimum atomic E-state index is -0.135. The maximum atomic E-state index is 12.5. The van der Waals surface area contributed by atoms with Gasteiger partial charge in [-0.1, -0.05) is 52.3 Å². The van der Waals surface area contributed by atoms with E-state index < -0.39 is 0 Å². The Labute approximate surface area is 118 Å². The lowest BCUT2D eigenvalue weighted by Crippen LogP contribution is -2.03. The molecule has 0 fully saturated rings. The highest BCUT2D eigenvalue weighted by Gasteiger charge is 2.21. The number of fused-ring (bicyclic) bond motifs is 1. The van der Waals surface area contributed by atoms with Crippen molar-refractivity contribution in [2.24, 2.45) is 0 Å². The molecule has 0 aliphatic rings. The summed E-state index contributed by atoms with van der Waals surface area (Å²) >= 11 is 3.43. The average molecular weight is 316 g/mol. The second-order valence-corrected chi connectivity index (χ2v) is 5.00. The average Bonchev–Trinajstić information content (AvgIpc) is 2.76. The predicted octanol–water partition coefficient (Wildman–Crippen LogP) is 4.01. The zero-order valence-corrected chi connectivity index (χ0v) is 11.5. The maximum absolute atomic E-state index is 12.5. The molecule has 0 atom stereocenters. The van der Waals surface area contributed by atoms with E-state index in [1.165, 1.54) is 0 Å². The summed E-state index contributed by atoms with van der Waals surface area (Å²) in [5.41, 5.74) is 7.46. The molecule has 4 heteroatoms. The second kappa shape index (κ2) is 4.55. The number of hydrogen-bond acceptors (Lipinski definition) is 3. The van der Waals surface area contributed by atoms with Crippen LogP contribution in [0.25, 0.3) is 11.0 Å². The summed E-state index contributed by atoms with van der Waals surface area (Å²) in [6.07, 6.45) is 0. The van der Waals surface area contributed by atoms with Gasteiger partial charge in [-0.25, -0.2) is 0 Å². The van der Waals surface area contributed by atoms with Gasteiger partial charge in [-0.2, -0.15) is 0 Å². The van der Waals surface area contributed by atoms with Crippen molar-refractivity contribution in [3.05, 3.63) is 64.1 Å². The number of halogens is 1. The van der Waals surface area contributed by atoms with E-state index in [4.69, 9.17) is 10.2 Å². The largest absolute Gasteiger partial charge is 0.440 e. The number of hydrogen-bond donors (Lipinski definition) is 1. The van der Waals surface area contributed by atoms with Gasteiger partial charge in [0.15, 0.2) is 5.78 Å². The molecule has 2 aromatic carbocycles. The zero-order valence-electron chi connectivity index (χ0n) is 9.89. The van der Waals surface area contributed by atoms with Crippen LogP contribution in [0, 0.1) is 0 Å². The molecule has 0 unspecified atom stereocenters. The molecule has 0 radical (unpaired) electrons. The summed E-state index contributed by atoms with van der Waals surface area (Å²) in [5.74, 6) is 0.0134. The predicted molar refractivity (Wildman–Crippen MR) is 78.2 cm³/mol. The van der Waals surface area contributed by atoms with Crippen molar-refractivity contribution in [3.8, 4) is 0 Å². The fourth-order valence-electron chi connectivity index (χ4n) is 2.08. The summed E-state index contributed by atoms with van der Waals surface area (Å²) in [5, 5.41) is 0.717. The third-order valence-electron chi connectivity index (χ3n) is 2.95. The van der Waals surface area contributed by atoms with E-state index in [-0.39, 0.29) is 11.7 Å². The summed E-state index contributed by atoms with van der Waals surface area (Å²) < 4.78 is 6.25. The highest BCUT2D eigenvalue weighted by molar-refractivity contribution is 9.10. The van der Waals surface area contributed by atoms with Crippen LogP contribution in [0.4, 0.5) is 5.88 Å². The monoisotopic (exact) mass is 315 g/mol. The first kappa shape index (κ1) is 12.0. The normalized spacial score (nSPS) is 10.8. The van der Waals surface area contributed by atoms with Crippen LogP contribution in [0.2, 0.25) is 0 Å². The minimum Gasteiger partial charge on any atom is -0.440 e. The van der Waals surface area contributed by atoms with E-state index in [1.54, 1.807) is 18.2 Å². The van der Waals surface area contributed by atoms with Gasteiger partial charge in [0, 0.05) is 15.4 Å². The Kier molecular flexibility index (Phi) is 2.87. The third-order valence-corrected chi connectivity index (χ3v) is 3.62. The first-order valence-corrected chi connectivity index (χ1v) is 6.54. The molecule has 94 valence electrons. The van der Waals surface area contributed by atoms with Crippen molar-refractivity contribution in [2.45, 2.75) is 0 Å². The van der Waals surface area contributed by atoms with E-state index in [0.29, 0.717) is 22.1 Å². The Bertz CT molecular complexity index is 762. The van der Waals surface area contributed by atoms with Crippen molar-refractivity contribution in [1.82, 2.24) is 0 Å². The van der Waals surface area contributed by atoms with Crippen LogP contribution in [-0.2, 0) is 0 Å². The van der Waals surface area contributed by atoms with Gasteiger partial charge >= 0.3 is 0 Å². The number of carbonyl (C=O) groups excluding carboxylic acids is 1. The molecule has 19 heavy (non-hydrogen) atoms. The number of furan rings is 1. The lowest BCUT2D eigenvalue weighted by Gasteiger charge is -2.00. The molecule has 2 N–H and O–H groups in total. The molecule has 1 heterocycles. The molecule has 3 nitrogen and oxygen atoms in total. The Balaban J connectivity index is 2.26. The summed E-state index contributed by atoms with van der Waals surface area (Å²) in [6.45, 7) is 0. The molecule has 0 spiro atoms. The van der Waals surface area contributed by atoms with Gasteiger partial charge in [0.25, 0.3) is 0 Å². The van der Waals surface area contributed by atoms with Crippen molar-refractivity contribution in [3.63, 3.8) is 0 Å². The fourth-order valence-corrected chi connectivity index (χ4v) is 2.63. The number of nitrogen functional groups attached to an aromatic ring is 1. The van der Waals surface area contributed by atoms with E-state index in [0.717, 1.165) is 4.47 Å². The smallest absolute Gasteiger partial charge is 0.202 e. The number of ketones is 1. The standard InChI is InChI=1S/C15H10BrNO2/c16-10-7-4-8-11-12(10)13(15(17)19-11)14(18)9-5-2-1-3-6-9/h1-8H,17H2. The van der Waals surface area contributed by atoms with E-state index in [9.17, 15) is 4.79 Å². The van der Waals surface area contributed by atoms with Crippen molar-refractivity contribution < 1.29 is 9.21 Å². The minimum absolute atomic E-state index is 0.135. The van der Waals surface area contributed by atoms with Gasteiger partial charge in [0.05, 0.1) is 5.56 Å². The number of carbonyl (C=O) groups is 1. The van der Waals surface area contributed by atoms with Gasteiger partial charge in [-0.05, 0) is 12.1 Å². The van der Waals surface area contributed by atoms with Crippen LogP contribution in [-0.4, -0.2) is 5.78 Å². The summed E-state index contributed by atoms with van der Waals surface area (Å²) in [7, 11) is 0. The number of nitrogens with two attached hydrogens (primary N) is 1. The van der Waals surface area contributed by atoms with Gasteiger partial charge in [-0.15, -0.1) is 0 Å². The van der Waals surface area contributed by atoms with Crippen molar-refractivity contribution in [1.29, 1.82) is 0 Å². The van der Waals surface area contributed by atoms with Crippen LogP contribution in [0.1, 0.15) is 15.9 Å². The number of rotatable bonds is 2. The Morgan fingerprint density at radius 2 is 1.79 bits per heavy atom. The third kappa shape index (κ3) is 1.94. The number of anilines is 1. The van der Waals surface area contributed by atoms with Crippen LogP contribution < -0.4 is 5.73 Å². The molecule has 0 amide bonds. The highest BCUT2D eigenvalue weighted by Crippen LogP contribution is 2.34. The van der Waals surface area contributed by atoms with E-state index >= 15 is 0 Å². The molecular formula is C15H10BrNO2. The molecule has 0 saturated carbocycles. The highest BCUT2D eigenvalue weighted by atomic mass is 79.9. The quantitative estimate of drug-likeness (QED) is 0.727. The zero-order chi connectivity index (χ0) is 13.4. The van der Waals surface area contributed by atoms with E-state index in [1.807, 2.05) is 30.3 Å². The molecule has 1 aromatic heterocycles. The van der Waals surface area contributed by atoms with Crippen LogP contribution in [0.3, 0.4) is 0 Å². The Morgan fingerprint density at radius 1 is 1.05 bits per heavy atom. The Hall–Kier alpha value is -2.07. The molecule has 0 bridgehead atoms. The summed E-state index contributed by atoms with van der Waals surface area (Å²) in [4.78, 5) is 12.5. The van der Waals surface area contributed by atoms with Gasteiger partial charge in [0.2, 0.25) is 5.88 Å². The summed E-state index contributed by atoms with van der Waals surface area (Å²) in [6, 6.07) is 14.5. The Morgan fingerprint density at radius 3 is 2.53 bits per heavy atom. The van der Waals surface area contributed by atoms with Crippen LogP contribution in [0.5, 0.6) is 0 Å². The lowest BCUT2D eigenvalue weighted by atomic mass is 10.0. The lowest BCUT2D eigenvalue weighted by molar-refractivity contribution is 0.104. The molecule has 0 aliphatic heterocycles. The topological polar surface area (TPSA) is 56.2 Å². The SMILES string of the molecule is Nc1oc2cccc(Br)c2c1C(=O)c1ccccc1. The van der Waals surface area contributed by atoms with Gasteiger partial charge in [0.1, 0.15) is 5.58 Å². The first-order valence-electron chi connectivity index (χ1n) is 5.74. The fraction of sp³-hybridized carbons (Fsp3) is 0. The van der Waals surface area contributed by atoms with Gasteiger partial charge in [-0.3, -0.25) is 4.79 Å². The van der Waals surface area contributed by atoms with Crippen LogP contribution >= 0.6 is 15.9 Å². The van der Waals surface area contributed by atoms with Crippen LogP contribution in [0.15, 0.2) is 57.4 Å². The second-order valence-electron chi connectivity index (χ2n) is 4.15. The molecular weight excluding hydrogens is 306 g/mol. The molecule has 3 rings (SSSR count). The molecule has 0 saturated heterocycles. The van der Waals surface area contributed by atoms with Crippen molar-refractivity contribution >= 4 is 38.6 Å².